The Hall–Kier alpha value is -0.660. The first-order valence-electron chi connectivity index (χ1n) is 3.49. The fraction of sp³-hybridized carbons (Fsp3) is 0.111. The Kier molecular flexibility index (Phi) is 3.01. The molecule has 0 fully saturated rings. The average Bonchev–Trinajstić information content (AvgIpc) is 2.03. The predicted molar refractivity (Wildman–Crippen MR) is 55.2 cm³/mol. The van der Waals surface area contributed by atoms with E-state index in [-0.39, 0.29) is 0 Å². The summed E-state index contributed by atoms with van der Waals surface area (Å²) in [6.07, 6.45) is 0. The summed E-state index contributed by atoms with van der Waals surface area (Å²) in [4.78, 5) is 0. The van der Waals surface area contributed by atoms with Crippen LogP contribution in [0.1, 0.15) is 12.5 Å². The van der Waals surface area contributed by atoms with Gasteiger partial charge in [0.05, 0.1) is 5.03 Å². The van der Waals surface area contributed by atoms with Crippen molar-refractivity contribution >= 4 is 33.9 Å². The number of allylic oxidation sites excluding steroid dienone is 1. The highest BCUT2D eigenvalue weighted by molar-refractivity contribution is 6.54. The van der Waals surface area contributed by atoms with Crippen molar-refractivity contribution < 1.29 is 0 Å². The molecular formula is C9H9Cl2N. The second-order valence-electron chi connectivity index (χ2n) is 2.47. The van der Waals surface area contributed by atoms with E-state index in [9.17, 15) is 0 Å². The van der Waals surface area contributed by atoms with Crippen molar-refractivity contribution in [2.75, 3.05) is 5.73 Å². The van der Waals surface area contributed by atoms with Gasteiger partial charge < -0.3 is 5.73 Å². The second-order valence-corrected chi connectivity index (χ2v) is 3.42. The quantitative estimate of drug-likeness (QED) is 0.693. The van der Waals surface area contributed by atoms with Crippen LogP contribution in [0.25, 0.3) is 5.03 Å². The smallest absolute Gasteiger partial charge is 0.0621 e. The van der Waals surface area contributed by atoms with E-state index in [4.69, 9.17) is 28.9 Å². The molecule has 1 nitrogen and oxygen atoms in total. The average molecular weight is 202 g/mol. The molecule has 0 saturated carbocycles. The number of nitrogen functional groups attached to an aromatic ring is 1. The van der Waals surface area contributed by atoms with Crippen LogP contribution in [0.3, 0.4) is 0 Å². The van der Waals surface area contributed by atoms with Crippen molar-refractivity contribution in [3.05, 3.63) is 34.9 Å². The zero-order valence-corrected chi connectivity index (χ0v) is 8.15. The van der Waals surface area contributed by atoms with Gasteiger partial charge in [-0.2, -0.15) is 0 Å². The van der Waals surface area contributed by atoms with Gasteiger partial charge in [-0.25, -0.2) is 0 Å². The number of benzene rings is 1. The fourth-order valence-corrected chi connectivity index (χ4v) is 1.10. The third-order valence-electron chi connectivity index (χ3n) is 1.44. The Labute approximate surface area is 81.8 Å². The van der Waals surface area contributed by atoms with E-state index in [0.29, 0.717) is 15.8 Å². The van der Waals surface area contributed by atoms with E-state index in [1.807, 2.05) is 12.1 Å². The third-order valence-corrected chi connectivity index (χ3v) is 2.23. The molecule has 0 aliphatic carbocycles. The molecule has 2 N–H and O–H groups in total. The number of anilines is 1. The maximum Gasteiger partial charge on any atom is 0.0621 e. The second kappa shape index (κ2) is 3.83. The van der Waals surface area contributed by atoms with Crippen LogP contribution in [0.4, 0.5) is 5.69 Å². The van der Waals surface area contributed by atoms with Crippen LogP contribution in [0, 0.1) is 0 Å². The highest BCUT2D eigenvalue weighted by Gasteiger charge is 2.00. The summed E-state index contributed by atoms with van der Waals surface area (Å²) in [5.41, 5.74) is 7.11. The van der Waals surface area contributed by atoms with Gasteiger partial charge in [-0.1, -0.05) is 35.3 Å². The summed E-state index contributed by atoms with van der Waals surface area (Å²) in [7, 11) is 0. The van der Waals surface area contributed by atoms with Gasteiger partial charge in [0.15, 0.2) is 0 Å². The van der Waals surface area contributed by atoms with E-state index in [2.05, 4.69) is 0 Å². The summed E-state index contributed by atoms with van der Waals surface area (Å²) >= 11 is 11.6. The van der Waals surface area contributed by atoms with Crippen molar-refractivity contribution in [1.29, 1.82) is 0 Å². The lowest BCUT2D eigenvalue weighted by Gasteiger charge is -2.00. The van der Waals surface area contributed by atoms with Crippen molar-refractivity contribution in [3.63, 3.8) is 0 Å². The van der Waals surface area contributed by atoms with Crippen LogP contribution in [-0.2, 0) is 0 Å². The van der Waals surface area contributed by atoms with Crippen LogP contribution in [0.15, 0.2) is 29.3 Å². The van der Waals surface area contributed by atoms with Crippen LogP contribution in [-0.4, -0.2) is 0 Å². The van der Waals surface area contributed by atoms with E-state index in [0.717, 1.165) is 5.56 Å². The first-order chi connectivity index (χ1) is 5.61. The van der Waals surface area contributed by atoms with Gasteiger partial charge in [0.25, 0.3) is 0 Å². The Bertz CT molecular complexity index is 314. The van der Waals surface area contributed by atoms with Gasteiger partial charge in [-0.15, -0.1) is 0 Å². The molecule has 12 heavy (non-hydrogen) atoms. The standard InChI is InChI=1S/C9H9Cl2N/c1-6(10)9(11)7-3-2-4-8(12)5-7/h2-5H,12H2,1H3/b9-6+. The molecule has 0 unspecified atom stereocenters. The predicted octanol–water partition coefficient (Wildman–Crippen LogP) is 3.43. The lowest BCUT2D eigenvalue weighted by Crippen LogP contribution is -1.85. The molecule has 0 saturated heterocycles. The van der Waals surface area contributed by atoms with Crippen LogP contribution in [0.2, 0.25) is 0 Å². The van der Waals surface area contributed by atoms with E-state index in [1.54, 1.807) is 19.1 Å². The maximum atomic E-state index is 5.91. The van der Waals surface area contributed by atoms with Gasteiger partial charge >= 0.3 is 0 Å². The van der Waals surface area contributed by atoms with Crippen molar-refractivity contribution in [1.82, 2.24) is 0 Å². The lowest BCUT2D eigenvalue weighted by atomic mass is 10.2. The SMILES string of the molecule is C/C(Cl)=C(\Cl)c1cccc(N)c1. The Morgan fingerprint density at radius 2 is 2.00 bits per heavy atom. The summed E-state index contributed by atoms with van der Waals surface area (Å²) in [5.74, 6) is 0. The molecule has 0 radical (unpaired) electrons. The zero-order valence-electron chi connectivity index (χ0n) is 6.64. The van der Waals surface area contributed by atoms with E-state index in [1.165, 1.54) is 0 Å². The zero-order chi connectivity index (χ0) is 9.14. The molecule has 1 aromatic carbocycles. The highest BCUT2D eigenvalue weighted by atomic mass is 35.5. The Morgan fingerprint density at radius 1 is 1.33 bits per heavy atom. The van der Waals surface area contributed by atoms with Crippen molar-refractivity contribution in [2.24, 2.45) is 0 Å². The van der Waals surface area contributed by atoms with Gasteiger partial charge in [0.2, 0.25) is 0 Å². The largest absolute Gasteiger partial charge is 0.399 e. The van der Waals surface area contributed by atoms with Crippen molar-refractivity contribution in [2.45, 2.75) is 6.92 Å². The topological polar surface area (TPSA) is 26.0 Å². The summed E-state index contributed by atoms with van der Waals surface area (Å²) in [6.45, 7) is 1.74. The Morgan fingerprint density at radius 3 is 2.50 bits per heavy atom. The minimum Gasteiger partial charge on any atom is -0.399 e. The maximum absolute atomic E-state index is 5.91. The summed E-state index contributed by atoms with van der Waals surface area (Å²) in [6, 6.07) is 7.29. The summed E-state index contributed by atoms with van der Waals surface area (Å²) in [5, 5.41) is 1.12. The van der Waals surface area contributed by atoms with Crippen LogP contribution < -0.4 is 5.73 Å². The van der Waals surface area contributed by atoms with Crippen LogP contribution >= 0.6 is 23.2 Å². The van der Waals surface area contributed by atoms with Crippen molar-refractivity contribution in [3.8, 4) is 0 Å². The monoisotopic (exact) mass is 201 g/mol. The van der Waals surface area contributed by atoms with Gasteiger partial charge in [0.1, 0.15) is 0 Å². The molecule has 0 bridgehead atoms. The van der Waals surface area contributed by atoms with E-state index >= 15 is 0 Å². The molecule has 3 heteroatoms. The Balaban J connectivity index is 3.13. The van der Waals surface area contributed by atoms with E-state index < -0.39 is 0 Å². The molecule has 1 rings (SSSR count). The molecule has 0 atom stereocenters. The number of nitrogens with two attached hydrogens (primary N) is 1. The molecule has 0 aromatic heterocycles. The minimum atomic E-state index is 0.545. The lowest BCUT2D eigenvalue weighted by molar-refractivity contribution is 1.60. The third kappa shape index (κ3) is 2.16. The molecule has 0 aliphatic heterocycles. The van der Waals surface area contributed by atoms with Gasteiger partial charge in [0, 0.05) is 10.7 Å². The normalized spacial score (nSPS) is 12.6. The first-order valence-corrected chi connectivity index (χ1v) is 4.24. The number of hydrogen-bond acceptors (Lipinski definition) is 1. The molecular weight excluding hydrogens is 193 g/mol. The minimum absolute atomic E-state index is 0.545. The summed E-state index contributed by atoms with van der Waals surface area (Å²) < 4.78 is 0. The number of hydrogen-bond donors (Lipinski definition) is 1. The van der Waals surface area contributed by atoms with Gasteiger partial charge in [-0.3, -0.25) is 0 Å². The molecule has 64 valence electrons. The first kappa shape index (κ1) is 9.43. The molecule has 0 aliphatic rings. The molecule has 0 spiro atoms. The molecule has 1 aromatic rings. The number of halogens is 2. The van der Waals surface area contributed by atoms with Gasteiger partial charge in [-0.05, 0) is 24.6 Å². The highest BCUT2D eigenvalue weighted by Crippen LogP contribution is 2.25. The molecule has 0 heterocycles. The number of rotatable bonds is 1. The van der Waals surface area contributed by atoms with Crippen LogP contribution in [0.5, 0.6) is 0 Å². The fourth-order valence-electron chi connectivity index (χ4n) is 0.874. The molecule has 0 amide bonds.